The standard InChI is InChI=1S/C13H17N3O5/c1-2-5-20-12-4-3-9(6-11(12)15-16-14)13(19)21-8-10(18)7-17/h3-4,6,10,17-18H,2,5,7-8H2,1H3. The third-order valence-corrected chi connectivity index (χ3v) is 2.43. The summed E-state index contributed by atoms with van der Waals surface area (Å²) in [6.07, 6.45) is -0.337. The maximum absolute atomic E-state index is 11.8. The second-order valence-corrected chi connectivity index (χ2v) is 4.16. The molecule has 0 aromatic heterocycles. The van der Waals surface area contributed by atoms with E-state index >= 15 is 0 Å². The van der Waals surface area contributed by atoms with Crippen LogP contribution in [0.4, 0.5) is 5.69 Å². The molecule has 8 heteroatoms. The largest absolute Gasteiger partial charge is 0.493 e. The second-order valence-electron chi connectivity index (χ2n) is 4.16. The molecule has 1 aromatic carbocycles. The molecule has 1 aromatic rings. The number of aliphatic hydroxyl groups excluding tert-OH is 2. The van der Waals surface area contributed by atoms with Crippen LogP contribution in [0.5, 0.6) is 5.75 Å². The number of benzene rings is 1. The zero-order valence-corrected chi connectivity index (χ0v) is 11.6. The molecule has 0 aliphatic carbocycles. The predicted octanol–water partition coefficient (Wildman–Crippen LogP) is 1.93. The lowest BCUT2D eigenvalue weighted by molar-refractivity contribution is 0.00933. The van der Waals surface area contributed by atoms with E-state index in [1.54, 1.807) is 0 Å². The zero-order chi connectivity index (χ0) is 15.7. The lowest BCUT2D eigenvalue weighted by atomic mass is 10.2. The number of hydrogen-bond donors (Lipinski definition) is 2. The molecule has 2 N–H and O–H groups in total. The van der Waals surface area contributed by atoms with Crippen LogP contribution >= 0.6 is 0 Å². The summed E-state index contributed by atoms with van der Waals surface area (Å²) < 4.78 is 10.2. The lowest BCUT2D eigenvalue weighted by Gasteiger charge is -2.11. The van der Waals surface area contributed by atoms with Crippen molar-refractivity contribution < 1.29 is 24.5 Å². The van der Waals surface area contributed by atoms with Crippen molar-refractivity contribution in [3.8, 4) is 5.75 Å². The molecule has 21 heavy (non-hydrogen) atoms. The Bertz CT molecular complexity index is 529. The quantitative estimate of drug-likeness (QED) is 0.328. The molecule has 114 valence electrons. The Morgan fingerprint density at radius 3 is 2.90 bits per heavy atom. The average molecular weight is 295 g/mol. The van der Waals surface area contributed by atoms with Crippen molar-refractivity contribution in [2.24, 2.45) is 5.11 Å². The molecule has 0 amide bonds. The maximum Gasteiger partial charge on any atom is 0.338 e. The van der Waals surface area contributed by atoms with Crippen molar-refractivity contribution in [2.45, 2.75) is 19.4 Å². The minimum Gasteiger partial charge on any atom is -0.493 e. The summed E-state index contributed by atoms with van der Waals surface area (Å²) in [7, 11) is 0. The fraction of sp³-hybridized carbons (Fsp3) is 0.462. The Labute approximate surface area is 121 Å². The van der Waals surface area contributed by atoms with Gasteiger partial charge in [-0.3, -0.25) is 0 Å². The van der Waals surface area contributed by atoms with Gasteiger partial charge in [-0.2, -0.15) is 0 Å². The zero-order valence-electron chi connectivity index (χ0n) is 11.6. The van der Waals surface area contributed by atoms with Crippen LogP contribution in [0.25, 0.3) is 10.4 Å². The van der Waals surface area contributed by atoms with Gasteiger partial charge in [0.05, 0.1) is 24.5 Å². The van der Waals surface area contributed by atoms with Crippen LogP contribution in [0.15, 0.2) is 23.3 Å². The fourth-order valence-corrected chi connectivity index (χ4v) is 1.41. The van der Waals surface area contributed by atoms with Crippen molar-refractivity contribution in [1.82, 2.24) is 0 Å². The van der Waals surface area contributed by atoms with E-state index in [0.29, 0.717) is 12.4 Å². The number of rotatable bonds is 8. The molecule has 1 atom stereocenters. The van der Waals surface area contributed by atoms with Crippen molar-refractivity contribution >= 4 is 11.7 Å². The first-order valence-corrected chi connectivity index (χ1v) is 6.40. The number of aliphatic hydroxyl groups is 2. The molecule has 0 saturated heterocycles. The molecular formula is C13H17N3O5. The molecule has 0 heterocycles. The first-order valence-electron chi connectivity index (χ1n) is 6.40. The van der Waals surface area contributed by atoms with Gasteiger partial charge in [0.25, 0.3) is 0 Å². The van der Waals surface area contributed by atoms with E-state index in [2.05, 4.69) is 10.0 Å². The van der Waals surface area contributed by atoms with Crippen LogP contribution < -0.4 is 4.74 Å². The van der Waals surface area contributed by atoms with Crippen LogP contribution in [0, 0.1) is 0 Å². The Morgan fingerprint density at radius 2 is 2.29 bits per heavy atom. The molecule has 0 aliphatic rings. The Morgan fingerprint density at radius 1 is 1.52 bits per heavy atom. The fourth-order valence-electron chi connectivity index (χ4n) is 1.41. The van der Waals surface area contributed by atoms with Crippen LogP contribution in [-0.2, 0) is 4.74 Å². The highest BCUT2D eigenvalue weighted by Gasteiger charge is 2.13. The molecule has 0 saturated carbocycles. The summed E-state index contributed by atoms with van der Waals surface area (Å²) in [5.41, 5.74) is 8.88. The molecule has 1 rings (SSSR count). The molecule has 0 spiro atoms. The van der Waals surface area contributed by atoms with Crippen molar-refractivity contribution in [2.75, 3.05) is 19.8 Å². The van der Waals surface area contributed by atoms with E-state index in [4.69, 9.17) is 25.2 Å². The van der Waals surface area contributed by atoms with E-state index < -0.39 is 18.7 Å². The molecule has 0 bridgehead atoms. The number of hydrogen-bond acceptors (Lipinski definition) is 6. The highest BCUT2D eigenvalue weighted by molar-refractivity contribution is 5.91. The predicted molar refractivity (Wildman–Crippen MR) is 74.4 cm³/mol. The van der Waals surface area contributed by atoms with Crippen LogP contribution in [0.2, 0.25) is 0 Å². The highest BCUT2D eigenvalue weighted by atomic mass is 16.5. The molecule has 1 unspecified atom stereocenters. The summed E-state index contributed by atoms with van der Waals surface area (Å²) in [6, 6.07) is 4.33. The molecular weight excluding hydrogens is 278 g/mol. The van der Waals surface area contributed by atoms with Gasteiger partial charge in [0.1, 0.15) is 18.5 Å². The minimum atomic E-state index is -1.13. The molecule has 0 fully saturated rings. The summed E-state index contributed by atoms with van der Waals surface area (Å²) in [5.74, 6) is -0.319. The van der Waals surface area contributed by atoms with E-state index in [9.17, 15) is 4.79 Å². The first kappa shape index (κ1) is 16.8. The Kier molecular flexibility index (Phi) is 7.03. The number of carbonyl (C=O) groups excluding carboxylic acids is 1. The second kappa shape index (κ2) is 8.80. The summed E-state index contributed by atoms with van der Waals surface area (Å²) in [5, 5.41) is 21.2. The van der Waals surface area contributed by atoms with Crippen LogP contribution in [0.1, 0.15) is 23.7 Å². The van der Waals surface area contributed by atoms with Gasteiger partial charge >= 0.3 is 5.97 Å². The van der Waals surface area contributed by atoms with Gasteiger partial charge in [-0.15, -0.1) is 0 Å². The number of azide groups is 1. The third kappa shape index (κ3) is 5.31. The minimum absolute atomic E-state index is 0.159. The topological polar surface area (TPSA) is 125 Å². The summed E-state index contributed by atoms with van der Waals surface area (Å²) in [6.45, 7) is 1.58. The van der Waals surface area contributed by atoms with Gasteiger partial charge in [-0.25, -0.2) is 4.79 Å². The number of esters is 1. The van der Waals surface area contributed by atoms with Gasteiger partial charge in [0, 0.05) is 4.91 Å². The van der Waals surface area contributed by atoms with E-state index in [-0.39, 0.29) is 17.9 Å². The number of nitrogens with zero attached hydrogens (tertiary/aromatic N) is 3. The number of carbonyl (C=O) groups is 1. The molecule has 0 aliphatic heterocycles. The van der Waals surface area contributed by atoms with Crippen molar-refractivity contribution in [3.63, 3.8) is 0 Å². The lowest BCUT2D eigenvalue weighted by Crippen LogP contribution is -2.21. The Hall–Kier alpha value is -2.28. The summed E-state index contributed by atoms with van der Waals surface area (Å²) in [4.78, 5) is 14.4. The average Bonchev–Trinajstić information content (AvgIpc) is 2.51. The van der Waals surface area contributed by atoms with Gasteiger partial charge < -0.3 is 19.7 Å². The monoisotopic (exact) mass is 295 g/mol. The SMILES string of the molecule is CCCOc1ccc(C(=O)OCC(O)CO)cc1N=[N+]=[N-]. The molecule has 8 nitrogen and oxygen atoms in total. The normalized spacial score (nSPS) is 11.4. The third-order valence-electron chi connectivity index (χ3n) is 2.43. The maximum atomic E-state index is 11.8. The van der Waals surface area contributed by atoms with E-state index in [1.807, 2.05) is 6.92 Å². The first-order chi connectivity index (χ1) is 10.1. The van der Waals surface area contributed by atoms with Gasteiger partial charge in [0.15, 0.2) is 0 Å². The van der Waals surface area contributed by atoms with Crippen LogP contribution in [0.3, 0.4) is 0 Å². The van der Waals surface area contributed by atoms with Gasteiger partial charge in [0.2, 0.25) is 0 Å². The van der Waals surface area contributed by atoms with Gasteiger partial charge in [-0.05, 0) is 30.2 Å². The van der Waals surface area contributed by atoms with Gasteiger partial charge in [-0.1, -0.05) is 12.0 Å². The highest BCUT2D eigenvalue weighted by Crippen LogP contribution is 2.29. The Balaban J connectivity index is 2.86. The smallest absolute Gasteiger partial charge is 0.338 e. The van der Waals surface area contributed by atoms with Crippen LogP contribution in [-0.4, -0.2) is 42.1 Å². The summed E-state index contributed by atoms with van der Waals surface area (Å²) >= 11 is 0. The van der Waals surface area contributed by atoms with E-state index in [0.717, 1.165) is 6.42 Å². The molecule has 0 radical (unpaired) electrons. The van der Waals surface area contributed by atoms with Crippen molar-refractivity contribution in [1.29, 1.82) is 0 Å². The number of ether oxygens (including phenoxy) is 2. The van der Waals surface area contributed by atoms with Crippen molar-refractivity contribution in [3.05, 3.63) is 34.2 Å². The van der Waals surface area contributed by atoms with E-state index in [1.165, 1.54) is 18.2 Å².